The normalized spacial score (nSPS) is 14.5. The minimum Gasteiger partial charge on any atom is -0.497 e. The lowest BCUT2D eigenvalue weighted by atomic mass is 10.1. The van der Waals surface area contributed by atoms with Crippen LogP contribution >= 0.6 is 11.3 Å². The molecule has 0 bridgehead atoms. The van der Waals surface area contributed by atoms with Gasteiger partial charge >= 0.3 is 0 Å². The number of rotatable bonds is 5. The molecule has 0 aliphatic heterocycles. The topological polar surface area (TPSA) is 38.6 Å². The number of nitrogens with zero attached hydrogens (tertiary/aromatic N) is 2. The number of methoxy groups -OCH3 is 1. The third-order valence-corrected chi connectivity index (χ3v) is 6.44. The fourth-order valence-electron chi connectivity index (χ4n) is 4.13. The van der Waals surface area contributed by atoms with Crippen molar-refractivity contribution in [3.8, 4) is 28.3 Å². The van der Waals surface area contributed by atoms with Crippen molar-refractivity contribution in [1.82, 2.24) is 9.38 Å². The fraction of sp³-hybridized carbons (Fsp3) is 0.261. The Morgan fingerprint density at radius 2 is 1.80 bits per heavy atom. The zero-order chi connectivity index (χ0) is 20.7. The monoisotopic (exact) mass is 425 g/mol. The van der Waals surface area contributed by atoms with Gasteiger partial charge in [-0.25, -0.2) is 13.8 Å². The van der Waals surface area contributed by atoms with Crippen LogP contribution in [0.25, 0.3) is 27.5 Å². The maximum atomic E-state index is 14.9. The molecule has 30 heavy (non-hydrogen) atoms. The predicted molar refractivity (Wildman–Crippen MR) is 116 cm³/mol. The first kappa shape index (κ1) is 19.1. The Balaban J connectivity index is 1.73. The number of ether oxygens (including phenoxy) is 1. The van der Waals surface area contributed by atoms with Crippen molar-refractivity contribution in [2.24, 2.45) is 0 Å². The van der Waals surface area contributed by atoms with E-state index in [1.807, 2.05) is 40.1 Å². The molecule has 2 aromatic heterocycles. The second-order valence-electron chi connectivity index (χ2n) is 7.51. The Morgan fingerprint density at radius 1 is 1.10 bits per heavy atom. The van der Waals surface area contributed by atoms with Crippen molar-refractivity contribution >= 4 is 22.1 Å². The molecule has 1 aliphatic rings. The molecule has 5 rings (SSSR count). The van der Waals surface area contributed by atoms with Crippen molar-refractivity contribution in [3.63, 3.8) is 0 Å². The third kappa shape index (κ3) is 3.23. The van der Waals surface area contributed by atoms with Crippen LogP contribution in [0.4, 0.5) is 14.6 Å². The first-order valence-corrected chi connectivity index (χ1v) is 10.9. The number of fused-ring (bicyclic) bond motifs is 1. The number of benzene rings is 2. The van der Waals surface area contributed by atoms with E-state index in [1.165, 1.54) is 30.6 Å². The number of hydrogen-bond acceptors (Lipinski definition) is 4. The molecule has 7 heteroatoms. The Labute approximate surface area is 177 Å². The summed E-state index contributed by atoms with van der Waals surface area (Å²) in [6, 6.07) is 12.6. The molecule has 0 amide bonds. The van der Waals surface area contributed by atoms with Gasteiger partial charge in [-0.15, -0.1) is 11.3 Å². The summed E-state index contributed by atoms with van der Waals surface area (Å²) in [5.74, 6) is -0.591. The quantitative estimate of drug-likeness (QED) is 0.404. The molecule has 0 atom stereocenters. The highest BCUT2D eigenvalue weighted by Gasteiger charge is 2.27. The van der Waals surface area contributed by atoms with E-state index in [9.17, 15) is 8.78 Å². The van der Waals surface area contributed by atoms with E-state index in [0.29, 0.717) is 16.5 Å². The van der Waals surface area contributed by atoms with E-state index in [4.69, 9.17) is 4.74 Å². The molecule has 154 valence electrons. The Morgan fingerprint density at radius 3 is 2.47 bits per heavy atom. The van der Waals surface area contributed by atoms with E-state index < -0.39 is 11.6 Å². The zero-order valence-electron chi connectivity index (χ0n) is 16.5. The lowest BCUT2D eigenvalue weighted by molar-refractivity contribution is 0.407. The van der Waals surface area contributed by atoms with Crippen molar-refractivity contribution in [2.45, 2.75) is 31.7 Å². The molecule has 0 spiro atoms. The molecule has 0 radical (unpaired) electrons. The van der Waals surface area contributed by atoms with Gasteiger partial charge in [0, 0.05) is 23.6 Å². The van der Waals surface area contributed by atoms with Gasteiger partial charge in [0.15, 0.2) is 4.96 Å². The number of anilines is 1. The van der Waals surface area contributed by atoms with Crippen LogP contribution in [0.2, 0.25) is 0 Å². The molecule has 1 saturated carbocycles. The van der Waals surface area contributed by atoms with Gasteiger partial charge in [0.25, 0.3) is 0 Å². The van der Waals surface area contributed by atoms with Gasteiger partial charge in [0.05, 0.1) is 18.4 Å². The Kier molecular flexibility index (Phi) is 4.90. The van der Waals surface area contributed by atoms with Crippen molar-refractivity contribution in [1.29, 1.82) is 0 Å². The molecule has 1 fully saturated rings. The highest BCUT2D eigenvalue weighted by atomic mass is 32.1. The van der Waals surface area contributed by atoms with Crippen LogP contribution in [0.15, 0.2) is 47.8 Å². The molecular weight excluding hydrogens is 404 g/mol. The minimum atomic E-state index is -0.687. The first-order valence-electron chi connectivity index (χ1n) is 10.0. The summed E-state index contributed by atoms with van der Waals surface area (Å²) in [6.45, 7) is 0. The van der Waals surface area contributed by atoms with E-state index in [0.717, 1.165) is 36.9 Å². The lowest BCUT2D eigenvalue weighted by Crippen LogP contribution is -2.17. The van der Waals surface area contributed by atoms with Crippen molar-refractivity contribution < 1.29 is 13.5 Å². The van der Waals surface area contributed by atoms with Crippen molar-refractivity contribution in [2.75, 3.05) is 12.4 Å². The maximum absolute atomic E-state index is 14.9. The summed E-state index contributed by atoms with van der Waals surface area (Å²) < 4.78 is 36.9. The molecular formula is C23H21F2N3OS. The molecule has 1 aliphatic carbocycles. The van der Waals surface area contributed by atoms with Gasteiger partial charge in [0.2, 0.25) is 0 Å². The molecule has 4 aromatic rings. The zero-order valence-corrected chi connectivity index (χ0v) is 17.3. The van der Waals surface area contributed by atoms with Crippen LogP contribution in [0, 0.1) is 11.6 Å². The highest BCUT2D eigenvalue weighted by Crippen LogP contribution is 2.40. The standard InChI is InChI=1S/C23H21F2N3OS/c1-29-16-11-17(24)20(18(25)12-16)21-22(26-15-9-5-6-10-15)28-19(13-30-23(28)27-21)14-7-3-2-4-8-14/h2-4,7-8,11-13,15,26H,5-6,9-10H2,1H3. The summed E-state index contributed by atoms with van der Waals surface area (Å²) in [4.78, 5) is 5.34. The van der Waals surface area contributed by atoms with Crippen LogP contribution in [0.5, 0.6) is 5.75 Å². The molecule has 2 heterocycles. The van der Waals surface area contributed by atoms with Gasteiger partial charge in [-0.3, -0.25) is 4.40 Å². The molecule has 2 aromatic carbocycles. The van der Waals surface area contributed by atoms with Gasteiger partial charge in [-0.1, -0.05) is 43.2 Å². The first-order chi connectivity index (χ1) is 14.7. The molecule has 0 unspecified atom stereocenters. The number of hydrogen-bond donors (Lipinski definition) is 1. The second-order valence-corrected chi connectivity index (χ2v) is 8.34. The molecule has 4 nitrogen and oxygen atoms in total. The third-order valence-electron chi connectivity index (χ3n) is 5.62. The predicted octanol–water partition coefficient (Wildman–Crippen LogP) is 6.37. The fourth-order valence-corrected chi connectivity index (χ4v) is 5.03. The van der Waals surface area contributed by atoms with Gasteiger partial charge < -0.3 is 10.1 Å². The molecule has 0 saturated heterocycles. The summed E-state index contributed by atoms with van der Waals surface area (Å²) >= 11 is 1.46. The van der Waals surface area contributed by atoms with E-state index in [2.05, 4.69) is 10.3 Å². The number of imidazole rings is 1. The number of nitrogens with one attached hydrogen (secondary N) is 1. The van der Waals surface area contributed by atoms with Crippen LogP contribution < -0.4 is 10.1 Å². The van der Waals surface area contributed by atoms with E-state index in [1.54, 1.807) is 0 Å². The number of thiazole rings is 1. The SMILES string of the molecule is COc1cc(F)c(-c2nc3scc(-c4ccccc4)n3c2NC2CCCC2)c(F)c1. The van der Waals surface area contributed by atoms with Crippen molar-refractivity contribution in [3.05, 3.63) is 59.5 Å². The summed E-state index contributed by atoms with van der Waals surface area (Å²) in [6.07, 6.45) is 4.36. The van der Waals surface area contributed by atoms with Crippen LogP contribution in [-0.2, 0) is 0 Å². The van der Waals surface area contributed by atoms with Crippen LogP contribution in [0.3, 0.4) is 0 Å². The van der Waals surface area contributed by atoms with Gasteiger partial charge in [-0.2, -0.15) is 0 Å². The van der Waals surface area contributed by atoms with Crippen LogP contribution in [0.1, 0.15) is 25.7 Å². The Hall–Kier alpha value is -2.93. The summed E-state index contributed by atoms with van der Waals surface area (Å²) in [7, 11) is 1.39. The Bertz CT molecular complexity index is 1170. The number of aromatic nitrogens is 2. The maximum Gasteiger partial charge on any atom is 0.196 e. The second kappa shape index (κ2) is 7.72. The van der Waals surface area contributed by atoms with E-state index in [-0.39, 0.29) is 17.4 Å². The highest BCUT2D eigenvalue weighted by molar-refractivity contribution is 7.15. The molecule has 1 N–H and O–H groups in total. The number of halogens is 2. The average Bonchev–Trinajstić information content (AvgIpc) is 3.47. The van der Waals surface area contributed by atoms with Gasteiger partial charge in [-0.05, 0) is 18.4 Å². The summed E-state index contributed by atoms with van der Waals surface area (Å²) in [5.41, 5.74) is 2.14. The summed E-state index contributed by atoms with van der Waals surface area (Å²) in [5, 5.41) is 5.58. The average molecular weight is 426 g/mol. The smallest absolute Gasteiger partial charge is 0.196 e. The van der Waals surface area contributed by atoms with Gasteiger partial charge in [0.1, 0.15) is 28.9 Å². The lowest BCUT2D eigenvalue weighted by Gasteiger charge is -2.16. The van der Waals surface area contributed by atoms with E-state index >= 15 is 0 Å². The largest absolute Gasteiger partial charge is 0.497 e. The van der Waals surface area contributed by atoms with Crippen LogP contribution in [-0.4, -0.2) is 22.5 Å². The minimum absolute atomic E-state index is 0.133.